The van der Waals surface area contributed by atoms with Crippen LogP contribution in [0.25, 0.3) is 5.69 Å². The minimum absolute atomic E-state index is 0.0119. The third-order valence-electron chi connectivity index (χ3n) is 7.15. The van der Waals surface area contributed by atoms with Crippen molar-refractivity contribution in [3.05, 3.63) is 69.9 Å². The summed E-state index contributed by atoms with van der Waals surface area (Å²) in [6.45, 7) is 4.51. The molecule has 1 aliphatic carbocycles. The van der Waals surface area contributed by atoms with Gasteiger partial charge < -0.3 is 29.6 Å². The zero-order valence-electron chi connectivity index (χ0n) is 26.0. The largest absolute Gasteiger partial charge is 0.494 e. The van der Waals surface area contributed by atoms with Crippen molar-refractivity contribution in [2.24, 2.45) is 0 Å². The SMILES string of the molecule is CCOC(=O)c1c(NC(=O)CSc2nnc(CNC(=O)c3ccc(OC)c(OC)c3)n2-c2ccc(OCC)cc2)sc2c1CCC2. The molecular weight excluding hydrogens is 631 g/mol. The van der Waals surface area contributed by atoms with Crippen LogP contribution in [-0.2, 0) is 28.9 Å². The molecule has 0 saturated carbocycles. The maximum absolute atomic E-state index is 13.2. The second kappa shape index (κ2) is 15.1. The quantitative estimate of drug-likeness (QED) is 0.138. The minimum Gasteiger partial charge on any atom is -0.494 e. The third kappa shape index (κ3) is 7.29. The second-order valence-corrected chi connectivity index (χ2v) is 12.1. The molecule has 0 saturated heterocycles. The van der Waals surface area contributed by atoms with Crippen molar-refractivity contribution in [1.29, 1.82) is 0 Å². The lowest BCUT2D eigenvalue weighted by Crippen LogP contribution is -2.24. The molecule has 46 heavy (non-hydrogen) atoms. The van der Waals surface area contributed by atoms with Crippen molar-refractivity contribution in [3.63, 3.8) is 0 Å². The summed E-state index contributed by atoms with van der Waals surface area (Å²) in [6.07, 6.45) is 2.66. The van der Waals surface area contributed by atoms with Gasteiger partial charge >= 0.3 is 5.97 Å². The number of rotatable bonds is 14. The van der Waals surface area contributed by atoms with Crippen LogP contribution in [0.4, 0.5) is 5.00 Å². The molecule has 14 heteroatoms. The number of thioether (sulfide) groups is 1. The van der Waals surface area contributed by atoms with Crippen molar-refractivity contribution in [2.45, 2.75) is 44.8 Å². The van der Waals surface area contributed by atoms with E-state index in [9.17, 15) is 14.4 Å². The van der Waals surface area contributed by atoms with E-state index in [1.165, 1.54) is 37.3 Å². The lowest BCUT2D eigenvalue weighted by atomic mass is 10.1. The zero-order chi connectivity index (χ0) is 32.6. The lowest BCUT2D eigenvalue weighted by molar-refractivity contribution is -0.113. The average molecular weight is 666 g/mol. The number of amides is 2. The number of benzene rings is 2. The number of ether oxygens (including phenoxy) is 4. The molecule has 2 N–H and O–H groups in total. The van der Waals surface area contributed by atoms with E-state index in [1.807, 2.05) is 31.2 Å². The number of carbonyl (C=O) groups is 3. The highest BCUT2D eigenvalue weighted by molar-refractivity contribution is 7.99. The van der Waals surface area contributed by atoms with Crippen LogP contribution in [-0.4, -0.2) is 65.7 Å². The summed E-state index contributed by atoms with van der Waals surface area (Å²) in [4.78, 5) is 40.0. The molecule has 12 nitrogen and oxygen atoms in total. The zero-order valence-corrected chi connectivity index (χ0v) is 27.6. The number of hydrogen-bond donors (Lipinski definition) is 2. The Bertz CT molecular complexity index is 1720. The summed E-state index contributed by atoms with van der Waals surface area (Å²) >= 11 is 2.62. The predicted molar refractivity (Wildman–Crippen MR) is 175 cm³/mol. The maximum atomic E-state index is 13.2. The Kier molecular flexibility index (Phi) is 10.8. The number of aromatic nitrogens is 3. The van der Waals surface area contributed by atoms with Gasteiger partial charge in [-0.2, -0.15) is 0 Å². The van der Waals surface area contributed by atoms with E-state index < -0.39 is 5.97 Å². The normalized spacial score (nSPS) is 11.9. The lowest BCUT2D eigenvalue weighted by Gasteiger charge is -2.13. The fraction of sp³-hybridized carbons (Fsp3) is 0.344. The van der Waals surface area contributed by atoms with Crippen LogP contribution in [0.2, 0.25) is 0 Å². The molecule has 0 spiro atoms. The van der Waals surface area contributed by atoms with Crippen molar-refractivity contribution in [3.8, 4) is 22.9 Å². The van der Waals surface area contributed by atoms with Gasteiger partial charge in [0.25, 0.3) is 5.91 Å². The summed E-state index contributed by atoms with van der Waals surface area (Å²) < 4.78 is 23.3. The standard InChI is InChI=1S/C32H35N5O7S2/c1-5-43-21-13-11-20(12-14-21)37-26(17-33-29(39)19-10-15-23(41-3)24(16-19)42-4)35-36-32(37)45-18-27(38)34-30-28(31(40)44-6-2)22-8-7-9-25(22)46-30/h10-16H,5-9,17-18H2,1-4H3,(H,33,39)(H,34,38). The van der Waals surface area contributed by atoms with Gasteiger partial charge in [0.2, 0.25) is 5.91 Å². The summed E-state index contributed by atoms with van der Waals surface area (Å²) in [6, 6.07) is 12.3. The number of thiophene rings is 1. The Morgan fingerprint density at radius 2 is 1.76 bits per heavy atom. The van der Waals surface area contributed by atoms with Gasteiger partial charge in [0.15, 0.2) is 22.5 Å². The van der Waals surface area contributed by atoms with Gasteiger partial charge in [-0.3, -0.25) is 14.2 Å². The first-order chi connectivity index (χ1) is 22.4. The Balaban J connectivity index is 1.34. The van der Waals surface area contributed by atoms with Crippen LogP contribution in [0, 0.1) is 0 Å². The Hall–Kier alpha value is -4.56. The highest BCUT2D eigenvalue weighted by atomic mass is 32.2. The smallest absolute Gasteiger partial charge is 0.341 e. The van der Waals surface area contributed by atoms with Crippen LogP contribution < -0.4 is 24.8 Å². The first-order valence-corrected chi connectivity index (χ1v) is 16.6. The molecule has 2 aromatic carbocycles. The molecule has 4 aromatic rings. The molecule has 0 atom stereocenters. The van der Waals surface area contributed by atoms with E-state index in [4.69, 9.17) is 18.9 Å². The number of anilines is 1. The van der Waals surface area contributed by atoms with Crippen molar-refractivity contribution in [1.82, 2.24) is 20.1 Å². The molecular formula is C32H35N5O7S2. The topological polar surface area (TPSA) is 143 Å². The van der Waals surface area contributed by atoms with E-state index in [-0.39, 0.29) is 30.7 Å². The summed E-state index contributed by atoms with van der Waals surface area (Å²) in [5, 5.41) is 15.5. The number of hydrogen-bond acceptors (Lipinski definition) is 11. The number of nitrogens with zero attached hydrogens (tertiary/aromatic N) is 3. The van der Waals surface area contributed by atoms with Crippen LogP contribution >= 0.6 is 23.1 Å². The molecule has 0 radical (unpaired) electrons. The number of nitrogens with one attached hydrogen (secondary N) is 2. The monoisotopic (exact) mass is 665 g/mol. The van der Waals surface area contributed by atoms with E-state index in [0.29, 0.717) is 51.0 Å². The highest BCUT2D eigenvalue weighted by Crippen LogP contribution is 2.39. The minimum atomic E-state index is -0.417. The van der Waals surface area contributed by atoms with Gasteiger partial charge in [0, 0.05) is 16.1 Å². The molecule has 1 aliphatic rings. The average Bonchev–Trinajstić information content (AvgIpc) is 3.77. The number of methoxy groups -OCH3 is 2. The molecule has 2 aromatic heterocycles. The summed E-state index contributed by atoms with van der Waals surface area (Å²) in [5.41, 5.74) is 2.55. The second-order valence-electron chi connectivity index (χ2n) is 10.0. The fourth-order valence-corrected chi connectivity index (χ4v) is 7.13. The number of esters is 1. The van der Waals surface area contributed by atoms with Crippen molar-refractivity contribution >= 4 is 45.9 Å². The van der Waals surface area contributed by atoms with Crippen LogP contribution in [0.15, 0.2) is 47.6 Å². The third-order valence-corrected chi connectivity index (χ3v) is 9.28. The fourth-order valence-electron chi connectivity index (χ4n) is 5.07. The molecule has 5 rings (SSSR count). The highest BCUT2D eigenvalue weighted by Gasteiger charge is 2.28. The van der Waals surface area contributed by atoms with Crippen molar-refractivity contribution < 1.29 is 33.3 Å². The van der Waals surface area contributed by atoms with Crippen LogP contribution in [0.1, 0.15) is 57.2 Å². The van der Waals surface area contributed by atoms with E-state index in [2.05, 4.69) is 20.8 Å². The Morgan fingerprint density at radius 3 is 2.48 bits per heavy atom. The predicted octanol–water partition coefficient (Wildman–Crippen LogP) is 5.07. The maximum Gasteiger partial charge on any atom is 0.341 e. The summed E-state index contributed by atoms with van der Waals surface area (Å²) in [5.74, 6) is 1.08. The van der Waals surface area contributed by atoms with Gasteiger partial charge in [-0.1, -0.05) is 11.8 Å². The van der Waals surface area contributed by atoms with Gasteiger partial charge in [0.05, 0.1) is 45.3 Å². The van der Waals surface area contributed by atoms with E-state index in [1.54, 1.807) is 29.7 Å². The van der Waals surface area contributed by atoms with E-state index >= 15 is 0 Å². The van der Waals surface area contributed by atoms with Crippen LogP contribution in [0.3, 0.4) is 0 Å². The van der Waals surface area contributed by atoms with Gasteiger partial charge in [-0.25, -0.2) is 4.79 Å². The molecule has 0 unspecified atom stereocenters. The Morgan fingerprint density at radius 1 is 0.978 bits per heavy atom. The van der Waals surface area contributed by atoms with Gasteiger partial charge in [-0.05, 0) is 81.1 Å². The first-order valence-electron chi connectivity index (χ1n) is 14.8. The molecule has 2 amide bonds. The Labute approximate surface area is 274 Å². The summed E-state index contributed by atoms with van der Waals surface area (Å²) in [7, 11) is 3.03. The van der Waals surface area contributed by atoms with E-state index in [0.717, 1.165) is 35.4 Å². The molecule has 2 heterocycles. The van der Waals surface area contributed by atoms with Gasteiger partial charge in [-0.15, -0.1) is 21.5 Å². The number of fused-ring (bicyclic) bond motifs is 1. The van der Waals surface area contributed by atoms with Crippen LogP contribution in [0.5, 0.6) is 17.2 Å². The number of aryl methyl sites for hydroxylation is 1. The molecule has 0 bridgehead atoms. The first kappa shape index (κ1) is 32.8. The molecule has 0 aliphatic heterocycles. The number of carbonyl (C=O) groups excluding carboxylic acids is 3. The van der Waals surface area contributed by atoms with Crippen molar-refractivity contribution in [2.75, 3.05) is 38.5 Å². The molecule has 0 fully saturated rings. The van der Waals surface area contributed by atoms with Gasteiger partial charge in [0.1, 0.15) is 10.8 Å². The molecule has 242 valence electrons.